The first-order valence-electron chi connectivity index (χ1n) is 11.3. The number of fused-ring (bicyclic) bond motifs is 1. The van der Waals surface area contributed by atoms with Gasteiger partial charge in [-0.2, -0.15) is 15.1 Å². The highest BCUT2D eigenvalue weighted by atomic mass is 31.2. The number of aromatic nitrogens is 4. The van der Waals surface area contributed by atoms with Crippen molar-refractivity contribution in [1.82, 2.24) is 24.6 Å². The predicted molar refractivity (Wildman–Crippen MR) is 130 cm³/mol. The molecule has 0 spiro atoms. The maximum Gasteiger partial charge on any atom is 0.459 e. The molecule has 13 nitrogen and oxygen atoms in total. The molecule has 0 bridgehead atoms. The summed E-state index contributed by atoms with van der Waals surface area (Å²) >= 11 is 0. The average molecular weight is 538 g/mol. The number of nitrogens with two attached hydrogens (primary N) is 1. The summed E-state index contributed by atoms with van der Waals surface area (Å²) in [5.74, 6) is -0.358. The fourth-order valence-corrected chi connectivity index (χ4v) is 5.47. The Morgan fingerprint density at radius 2 is 2.08 bits per heavy atom. The summed E-state index contributed by atoms with van der Waals surface area (Å²) in [4.78, 5) is 24.3. The summed E-state index contributed by atoms with van der Waals surface area (Å²) in [6.45, 7) is 2.50. The van der Waals surface area contributed by atoms with E-state index in [1.165, 1.54) is 39.0 Å². The highest BCUT2D eigenvalue weighted by Gasteiger charge is 2.48. The van der Waals surface area contributed by atoms with E-state index in [9.17, 15) is 9.36 Å². The highest BCUT2D eigenvalue weighted by Crippen LogP contribution is 2.48. The first-order chi connectivity index (χ1) is 17.5. The van der Waals surface area contributed by atoms with Gasteiger partial charge in [0.2, 0.25) is 11.8 Å². The van der Waals surface area contributed by atoms with E-state index >= 15 is 4.39 Å². The Balaban J connectivity index is 1.53. The van der Waals surface area contributed by atoms with Crippen LogP contribution < -0.4 is 20.1 Å². The third kappa shape index (κ3) is 5.82. The summed E-state index contributed by atoms with van der Waals surface area (Å²) in [5, 5.41) is 2.55. The fourth-order valence-electron chi connectivity index (χ4n) is 3.95. The van der Waals surface area contributed by atoms with Crippen LogP contribution in [0.2, 0.25) is 0 Å². The van der Waals surface area contributed by atoms with E-state index in [2.05, 4.69) is 24.8 Å². The van der Waals surface area contributed by atoms with Crippen molar-refractivity contribution in [3.8, 4) is 11.6 Å². The van der Waals surface area contributed by atoms with Crippen molar-refractivity contribution in [1.29, 1.82) is 0 Å². The molecule has 2 aromatic heterocycles. The number of anilines is 1. The minimum Gasteiger partial charge on any atom is -0.479 e. The SMILES string of the molecule is COC(=O)[C@H](C)NP(=O)(OCC1C[C@@](C)(F)C(n2cnc3c(OC)nc(N)nc32)O1)Oc1ccccc1. The van der Waals surface area contributed by atoms with Crippen LogP contribution in [0.1, 0.15) is 26.5 Å². The lowest BCUT2D eigenvalue weighted by atomic mass is 10.0. The maximum absolute atomic E-state index is 15.7. The number of alkyl halides is 1. The van der Waals surface area contributed by atoms with Crippen LogP contribution in [-0.4, -0.2) is 64.1 Å². The molecular formula is C22H28FN6O7P. The zero-order chi connectivity index (χ0) is 26.8. The Hall–Kier alpha value is -3.32. The van der Waals surface area contributed by atoms with Crippen LogP contribution in [0, 0.1) is 0 Å². The van der Waals surface area contributed by atoms with Crippen LogP contribution in [0.3, 0.4) is 0 Å². The van der Waals surface area contributed by atoms with Gasteiger partial charge in [-0.05, 0) is 26.0 Å². The van der Waals surface area contributed by atoms with Gasteiger partial charge in [-0.3, -0.25) is 13.9 Å². The van der Waals surface area contributed by atoms with Crippen LogP contribution >= 0.6 is 7.75 Å². The van der Waals surface area contributed by atoms with Gasteiger partial charge in [0.1, 0.15) is 11.8 Å². The molecule has 3 unspecified atom stereocenters. The molecule has 0 aliphatic carbocycles. The zero-order valence-corrected chi connectivity index (χ0v) is 21.6. The van der Waals surface area contributed by atoms with E-state index in [1.807, 2.05) is 0 Å². The van der Waals surface area contributed by atoms with Crippen molar-refractivity contribution >= 4 is 30.8 Å². The molecule has 0 radical (unpaired) electrons. The number of hydrogen-bond acceptors (Lipinski definition) is 11. The molecule has 3 heterocycles. The normalized spacial score (nSPS) is 23.9. The van der Waals surface area contributed by atoms with Crippen molar-refractivity contribution in [2.45, 2.75) is 44.3 Å². The Kier molecular flexibility index (Phi) is 7.64. The standard InChI is InChI=1S/C22H28FN6O7P/c1-13(19(30)33-4)28-37(31,36-14-8-6-5-7-9-14)34-11-15-10-22(2,23)20(35-15)29-12-25-16-17(29)26-21(24)27-18(16)32-3/h5-9,12-13,15,20H,10-11H2,1-4H3,(H,28,31)(H2,24,26,27)/t13-,15?,20?,22+,37?/m0/s1. The second-order valence-corrected chi connectivity index (χ2v) is 10.3. The molecular weight excluding hydrogens is 510 g/mol. The van der Waals surface area contributed by atoms with E-state index in [1.54, 1.807) is 30.3 Å². The number of carbonyl (C=O) groups excluding carboxylic acids is 1. The second kappa shape index (κ2) is 10.6. The van der Waals surface area contributed by atoms with Gasteiger partial charge >= 0.3 is 13.7 Å². The van der Waals surface area contributed by atoms with Crippen molar-refractivity contribution in [3.05, 3.63) is 36.7 Å². The highest BCUT2D eigenvalue weighted by molar-refractivity contribution is 7.52. The fraction of sp³-hybridized carbons (Fsp3) is 0.455. The quantitative estimate of drug-likeness (QED) is 0.287. The predicted octanol–water partition coefficient (Wildman–Crippen LogP) is 2.79. The number of para-hydroxylation sites is 1. The molecule has 3 aromatic rings. The van der Waals surface area contributed by atoms with Crippen molar-refractivity contribution < 1.29 is 37.0 Å². The third-order valence-electron chi connectivity index (χ3n) is 5.62. The molecule has 1 saturated heterocycles. The van der Waals surface area contributed by atoms with Crippen LogP contribution in [0.25, 0.3) is 11.2 Å². The lowest BCUT2D eigenvalue weighted by Crippen LogP contribution is -2.35. The number of ether oxygens (including phenoxy) is 3. The van der Waals surface area contributed by atoms with Gasteiger partial charge in [-0.15, -0.1) is 0 Å². The Morgan fingerprint density at radius 1 is 1.35 bits per heavy atom. The van der Waals surface area contributed by atoms with Crippen molar-refractivity contribution in [3.63, 3.8) is 0 Å². The zero-order valence-electron chi connectivity index (χ0n) is 20.7. The molecule has 3 N–H and O–H groups in total. The smallest absolute Gasteiger partial charge is 0.459 e. The van der Waals surface area contributed by atoms with E-state index in [-0.39, 0.29) is 41.8 Å². The minimum absolute atomic E-state index is 0.0747. The number of nitrogen functional groups attached to an aromatic ring is 1. The monoisotopic (exact) mass is 538 g/mol. The molecule has 0 amide bonds. The average Bonchev–Trinajstić information content (AvgIpc) is 3.41. The first-order valence-corrected chi connectivity index (χ1v) is 12.8. The summed E-state index contributed by atoms with van der Waals surface area (Å²) in [7, 11) is -1.51. The number of rotatable bonds is 10. The van der Waals surface area contributed by atoms with E-state index in [0.717, 1.165) is 0 Å². The van der Waals surface area contributed by atoms with Gasteiger partial charge in [-0.1, -0.05) is 18.2 Å². The number of halogens is 1. The summed E-state index contributed by atoms with van der Waals surface area (Å²) < 4.78 is 57.7. The second-order valence-electron chi connectivity index (χ2n) is 8.58. The van der Waals surface area contributed by atoms with Gasteiger partial charge in [0, 0.05) is 6.42 Å². The minimum atomic E-state index is -4.12. The third-order valence-corrected chi connectivity index (χ3v) is 7.27. The lowest BCUT2D eigenvalue weighted by Gasteiger charge is -2.24. The molecule has 200 valence electrons. The van der Waals surface area contributed by atoms with Crippen LogP contribution in [0.5, 0.6) is 11.6 Å². The molecule has 1 aromatic carbocycles. The van der Waals surface area contributed by atoms with Crippen LogP contribution in [0.15, 0.2) is 36.7 Å². The van der Waals surface area contributed by atoms with Gasteiger partial charge in [0.25, 0.3) is 0 Å². The number of carbonyl (C=O) groups is 1. The number of imidazole rings is 1. The van der Waals surface area contributed by atoms with Crippen LogP contribution in [-0.2, 0) is 23.4 Å². The lowest BCUT2D eigenvalue weighted by molar-refractivity contribution is -0.142. The Labute approximate surface area is 212 Å². The summed E-state index contributed by atoms with van der Waals surface area (Å²) in [6.07, 6.45) is -0.730. The largest absolute Gasteiger partial charge is 0.479 e. The molecule has 4 rings (SSSR count). The summed E-state index contributed by atoms with van der Waals surface area (Å²) in [6, 6.07) is 7.26. The number of methoxy groups -OCH3 is 2. The molecule has 37 heavy (non-hydrogen) atoms. The van der Waals surface area contributed by atoms with E-state index in [0.29, 0.717) is 0 Å². The van der Waals surface area contributed by atoms with E-state index < -0.39 is 37.8 Å². The van der Waals surface area contributed by atoms with Crippen molar-refractivity contribution in [2.24, 2.45) is 0 Å². The molecule has 1 fully saturated rings. The topological polar surface area (TPSA) is 162 Å². The molecule has 0 saturated carbocycles. The van der Waals surface area contributed by atoms with E-state index in [4.69, 9.17) is 24.3 Å². The number of benzene rings is 1. The number of nitrogens with zero attached hydrogens (tertiary/aromatic N) is 4. The van der Waals surface area contributed by atoms with Gasteiger partial charge in [0.05, 0.1) is 33.3 Å². The van der Waals surface area contributed by atoms with Crippen molar-refractivity contribution in [2.75, 3.05) is 26.6 Å². The van der Waals surface area contributed by atoms with Gasteiger partial charge in [0.15, 0.2) is 23.1 Å². The number of hydrogen-bond donors (Lipinski definition) is 2. The molecule has 1 aliphatic rings. The summed E-state index contributed by atoms with van der Waals surface area (Å²) in [5.41, 5.74) is 4.40. The van der Waals surface area contributed by atoms with Gasteiger partial charge < -0.3 is 24.5 Å². The van der Waals surface area contributed by atoms with Gasteiger partial charge in [-0.25, -0.2) is 13.9 Å². The number of nitrogens with one attached hydrogen (secondary N) is 1. The molecule has 1 aliphatic heterocycles. The van der Waals surface area contributed by atoms with Crippen LogP contribution in [0.4, 0.5) is 10.3 Å². The Morgan fingerprint density at radius 3 is 2.76 bits per heavy atom. The Bertz CT molecular complexity index is 1310. The number of esters is 1. The first kappa shape index (κ1) is 26.7. The molecule has 5 atom stereocenters. The molecule has 15 heteroatoms. The maximum atomic E-state index is 15.7.